The monoisotopic (exact) mass is 322 g/mol. The molecule has 1 amide bonds. The summed E-state index contributed by atoms with van der Waals surface area (Å²) in [7, 11) is 3.63. The van der Waals surface area contributed by atoms with Crippen LogP contribution in [-0.2, 0) is 11.2 Å². The van der Waals surface area contributed by atoms with Crippen molar-refractivity contribution in [3.63, 3.8) is 0 Å². The minimum Gasteiger partial charge on any atom is -0.370 e. The highest BCUT2D eigenvalue weighted by atomic mass is 32.1. The summed E-state index contributed by atoms with van der Waals surface area (Å²) in [5, 5.41) is 5.21. The Morgan fingerprint density at radius 3 is 2.77 bits per heavy atom. The average molecular weight is 322 g/mol. The first-order chi connectivity index (χ1) is 10.5. The maximum atomic E-state index is 12.4. The van der Waals surface area contributed by atoms with E-state index < -0.39 is 0 Å². The van der Waals surface area contributed by atoms with Crippen LogP contribution in [0, 0.1) is 5.41 Å². The molecular formula is C16H26N4OS. The zero-order chi connectivity index (χ0) is 16.0. The zero-order valence-corrected chi connectivity index (χ0v) is 14.3. The molecule has 1 fully saturated rings. The highest BCUT2D eigenvalue weighted by molar-refractivity contribution is 7.09. The summed E-state index contributed by atoms with van der Waals surface area (Å²) in [6.45, 7) is 1.26. The first-order valence-electron chi connectivity index (χ1n) is 7.81. The maximum Gasteiger partial charge on any atom is 0.230 e. The summed E-state index contributed by atoms with van der Waals surface area (Å²) >= 11 is 1.74. The number of hydrogen-bond acceptors (Lipinski definition) is 3. The molecular weight excluding hydrogens is 296 g/mol. The fraction of sp³-hybridized carbons (Fsp3) is 0.625. The van der Waals surface area contributed by atoms with Gasteiger partial charge in [-0.15, -0.1) is 11.3 Å². The van der Waals surface area contributed by atoms with Gasteiger partial charge in [0.25, 0.3) is 0 Å². The molecule has 2 rings (SSSR count). The number of nitrogens with zero attached hydrogens (tertiary/aromatic N) is 2. The molecule has 1 heterocycles. The summed E-state index contributed by atoms with van der Waals surface area (Å²) in [5.74, 6) is 0.620. The molecule has 0 aliphatic heterocycles. The van der Waals surface area contributed by atoms with Gasteiger partial charge in [-0.05, 0) is 30.7 Å². The van der Waals surface area contributed by atoms with E-state index in [1.54, 1.807) is 16.2 Å². The third-order valence-electron chi connectivity index (χ3n) is 4.23. The van der Waals surface area contributed by atoms with Crippen LogP contribution in [0.5, 0.6) is 0 Å². The number of guanidine groups is 1. The second kappa shape index (κ2) is 7.63. The van der Waals surface area contributed by atoms with Gasteiger partial charge in [0.2, 0.25) is 5.91 Å². The van der Waals surface area contributed by atoms with Crippen LogP contribution in [0.15, 0.2) is 22.5 Å². The van der Waals surface area contributed by atoms with Gasteiger partial charge in [-0.25, -0.2) is 0 Å². The highest BCUT2D eigenvalue weighted by Crippen LogP contribution is 2.39. The van der Waals surface area contributed by atoms with Crippen molar-refractivity contribution in [3.05, 3.63) is 22.4 Å². The average Bonchev–Trinajstić information content (AvgIpc) is 3.16. The quantitative estimate of drug-likeness (QED) is 0.620. The lowest BCUT2D eigenvalue weighted by Gasteiger charge is -2.29. The molecule has 0 radical (unpaired) electrons. The molecule has 22 heavy (non-hydrogen) atoms. The fourth-order valence-electron chi connectivity index (χ4n) is 3.03. The number of hydrogen-bond donors (Lipinski definition) is 2. The molecule has 122 valence electrons. The van der Waals surface area contributed by atoms with Crippen LogP contribution in [-0.4, -0.2) is 44.0 Å². The van der Waals surface area contributed by atoms with Crippen molar-refractivity contribution in [1.29, 1.82) is 0 Å². The van der Waals surface area contributed by atoms with Gasteiger partial charge in [0.05, 0.1) is 12.0 Å². The summed E-state index contributed by atoms with van der Waals surface area (Å²) in [4.78, 5) is 19.9. The van der Waals surface area contributed by atoms with E-state index in [0.717, 1.165) is 38.6 Å². The first kappa shape index (κ1) is 16.8. The molecule has 0 saturated heterocycles. The number of thiophene rings is 1. The number of amides is 1. The van der Waals surface area contributed by atoms with E-state index >= 15 is 0 Å². The number of carbonyl (C=O) groups is 1. The lowest BCUT2D eigenvalue weighted by molar-refractivity contribution is -0.138. The first-order valence-corrected chi connectivity index (χ1v) is 8.69. The molecule has 1 aliphatic rings. The minimum atomic E-state index is -0.344. The van der Waals surface area contributed by atoms with Crippen molar-refractivity contribution in [1.82, 2.24) is 10.2 Å². The second-order valence-electron chi connectivity index (χ2n) is 6.14. The van der Waals surface area contributed by atoms with E-state index in [1.807, 2.05) is 20.2 Å². The van der Waals surface area contributed by atoms with E-state index in [-0.39, 0.29) is 11.3 Å². The fourth-order valence-corrected chi connectivity index (χ4v) is 3.74. The van der Waals surface area contributed by atoms with Gasteiger partial charge in [0.1, 0.15) is 0 Å². The van der Waals surface area contributed by atoms with Gasteiger partial charge < -0.3 is 16.0 Å². The predicted molar refractivity (Wildman–Crippen MR) is 92.1 cm³/mol. The Bertz CT molecular complexity index is 504. The topological polar surface area (TPSA) is 70.7 Å². The van der Waals surface area contributed by atoms with E-state index in [1.165, 1.54) is 4.88 Å². The van der Waals surface area contributed by atoms with Crippen molar-refractivity contribution >= 4 is 23.2 Å². The Hall–Kier alpha value is -1.56. The Labute approximate surface area is 136 Å². The number of nitrogens with two attached hydrogens (primary N) is 1. The molecule has 3 N–H and O–H groups in total. The maximum absolute atomic E-state index is 12.4. The van der Waals surface area contributed by atoms with Crippen LogP contribution >= 0.6 is 11.3 Å². The number of rotatable bonds is 6. The molecule has 5 nitrogen and oxygen atoms in total. The van der Waals surface area contributed by atoms with Crippen molar-refractivity contribution in [2.24, 2.45) is 16.1 Å². The van der Waals surface area contributed by atoms with Gasteiger partial charge in [0.15, 0.2) is 5.96 Å². The van der Waals surface area contributed by atoms with Crippen LogP contribution in [0.1, 0.15) is 30.6 Å². The smallest absolute Gasteiger partial charge is 0.230 e. The van der Waals surface area contributed by atoms with Crippen molar-refractivity contribution in [2.75, 3.05) is 27.2 Å². The lowest BCUT2D eigenvalue weighted by Crippen LogP contribution is -2.42. The van der Waals surface area contributed by atoms with Crippen LogP contribution in [0.4, 0.5) is 0 Å². The Morgan fingerprint density at radius 1 is 1.45 bits per heavy atom. The van der Waals surface area contributed by atoms with Crippen molar-refractivity contribution in [3.8, 4) is 0 Å². The van der Waals surface area contributed by atoms with Gasteiger partial charge in [-0.1, -0.05) is 18.9 Å². The zero-order valence-electron chi connectivity index (χ0n) is 13.5. The molecule has 0 bridgehead atoms. The number of nitrogens with one attached hydrogen (secondary N) is 1. The molecule has 0 unspecified atom stereocenters. The van der Waals surface area contributed by atoms with Crippen LogP contribution in [0.25, 0.3) is 0 Å². The summed E-state index contributed by atoms with van der Waals surface area (Å²) in [6, 6.07) is 4.16. The van der Waals surface area contributed by atoms with Crippen LogP contribution in [0.2, 0.25) is 0 Å². The standard InChI is InChI=1S/C16H26N4OS/c1-20(2)14(21)16(8-3-4-9-16)12-19-15(17)18-10-7-13-6-5-11-22-13/h5-6,11H,3-4,7-10,12H2,1-2H3,(H3,17,18,19). The molecule has 0 atom stereocenters. The van der Waals surface area contributed by atoms with Gasteiger partial charge in [-0.3, -0.25) is 9.79 Å². The summed E-state index contributed by atoms with van der Waals surface area (Å²) < 4.78 is 0. The third-order valence-corrected chi connectivity index (χ3v) is 5.17. The van der Waals surface area contributed by atoms with Gasteiger partial charge >= 0.3 is 0 Å². The van der Waals surface area contributed by atoms with E-state index in [9.17, 15) is 4.79 Å². The Morgan fingerprint density at radius 2 is 2.18 bits per heavy atom. The third kappa shape index (κ3) is 4.22. The minimum absolute atomic E-state index is 0.181. The molecule has 0 aromatic carbocycles. The summed E-state index contributed by atoms with van der Waals surface area (Å²) in [5.41, 5.74) is 5.60. The second-order valence-corrected chi connectivity index (χ2v) is 7.18. The van der Waals surface area contributed by atoms with Crippen molar-refractivity contribution in [2.45, 2.75) is 32.1 Å². The summed E-state index contributed by atoms with van der Waals surface area (Å²) in [6.07, 6.45) is 4.96. The molecule has 6 heteroatoms. The van der Waals surface area contributed by atoms with Crippen molar-refractivity contribution < 1.29 is 4.79 Å². The Kier molecular flexibility index (Phi) is 5.83. The Balaban J connectivity index is 1.86. The van der Waals surface area contributed by atoms with Crippen LogP contribution < -0.4 is 11.1 Å². The molecule has 1 aromatic heterocycles. The highest BCUT2D eigenvalue weighted by Gasteiger charge is 2.41. The molecule has 1 saturated carbocycles. The number of aliphatic imine (C=N–C) groups is 1. The molecule has 1 aromatic rings. The normalized spacial score (nSPS) is 17.5. The van der Waals surface area contributed by atoms with E-state index in [0.29, 0.717) is 12.5 Å². The van der Waals surface area contributed by atoms with Gasteiger partial charge in [-0.2, -0.15) is 0 Å². The SMILES string of the molecule is CN(C)C(=O)C1(CN=C(N)NCCc2cccs2)CCCC1. The lowest BCUT2D eigenvalue weighted by atomic mass is 9.85. The number of carbonyl (C=O) groups excluding carboxylic acids is 1. The van der Waals surface area contributed by atoms with E-state index in [2.05, 4.69) is 21.8 Å². The van der Waals surface area contributed by atoms with Crippen LogP contribution in [0.3, 0.4) is 0 Å². The molecule has 1 aliphatic carbocycles. The van der Waals surface area contributed by atoms with Gasteiger partial charge in [0, 0.05) is 25.5 Å². The largest absolute Gasteiger partial charge is 0.370 e. The van der Waals surface area contributed by atoms with E-state index in [4.69, 9.17) is 5.73 Å². The predicted octanol–water partition coefficient (Wildman–Crippen LogP) is 1.84. The molecule has 0 spiro atoms.